The number of halogens is 3. The molecule has 0 amide bonds. The van der Waals surface area contributed by atoms with Crippen molar-refractivity contribution >= 4 is 28.6 Å². The van der Waals surface area contributed by atoms with E-state index < -0.39 is 23.1 Å². The lowest BCUT2D eigenvalue weighted by Gasteiger charge is -2.24. The number of aryl methyl sites for hydroxylation is 2. The van der Waals surface area contributed by atoms with Gasteiger partial charge in [0.15, 0.2) is 0 Å². The minimum atomic E-state index is -4.46. The van der Waals surface area contributed by atoms with Gasteiger partial charge in [0.1, 0.15) is 12.4 Å². The van der Waals surface area contributed by atoms with Crippen molar-refractivity contribution in [1.82, 2.24) is 14.5 Å². The molecule has 252 valence electrons. The van der Waals surface area contributed by atoms with Gasteiger partial charge in [-0.25, -0.2) is 0 Å². The van der Waals surface area contributed by atoms with Gasteiger partial charge in [-0.2, -0.15) is 13.2 Å². The van der Waals surface area contributed by atoms with E-state index in [-0.39, 0.29) is 16.9 Å². The molecule has 6 nitrogen and oxygen atoms in total. The van der Waals surface area contributed by atoms with Crippen molar-refractivity contribution in [2.24, 2.45) is 5.41 Å². The van der Waals surface area contributed by atoms with Crippen LogP contribution in [0.5, 0.6) is 5.75 Å². The predicted molar refractivity (Wildman–Crippen MR) is 184 cm³/mol. The molecule has 48 heavy (non-hydrogen) atoms. The summed E-state index contributed by atoms with van der Waals surface area (Å²) in [7, 11) is 0. The van der Waals surface area contributed by atoms with E-state index in [4.69, 9.17) is 4.74 Å². The quantitative estimate of drug-likeness (QED) is 0.149. The van der Waals surface area contributed by atoms with Crippen LogP contribution in [0.2, 0.25) is 0 Å². The van der Waals surface area contributed by atoms with Gasteiger partial charge >= 0.3 is 12.1 Å². The van der Waals surface area contributed by atoms with Crippen molar-refractivity contribution in [2.45, 2.75) is 83.9 Å². The molecule has 0 bridgehead atoms. The number of aliphatic carboxylic acids is 1. The SMILES string of the molecule is Cc1ccc(COc2ccc3c(c2)c(SC(C)(C)C)c(CC(C)(C)C(=O)O)n3Cc2ccc(-c3cc(C(F)(F)F)ccn3)cc2)nc1C. The fraction of sp³-hybridized carbons (Fsp3) is 0.342. The fourth-order valence-electron chi connectivity index (χ4n) is 5.36. The molecule has 0 unspecified atom stereocenters. The first kappa shape index (κ1) is 35.0. The third-order valence-corrected chi connectivity index (χ3v) is 9.43. The summed E-state index contributed by atoms with van der Waals surface area (Å²) in [5, 5.41) is 11.1. The van der Waals surface area contributed by atoms with Crippen LogP contribution in [0.4, 0.5) is 13.2 Å². The Kier molecular flexibility index (Phi) is 9.70. The number of hydrogen-bond donors (Lipinski definition) is 1. The molecule has 0 radical (unpaired) electrons. The first-order valence-corrected chi connectivity index (χ1v) is 16.5. The highest BCUT2D eigenvalue weighted by Gasteiger charge is 2.33. The second-order valence-corrected chi connectivity index (χ2v) is 15.6. The highest BCUT2D eigenvalue weighted by molar-refractivity contribution is 8.00. The number of carbonyl (C=O) groups is 1. The monoisotopic (exact) mass is 675 g/mol. The van der Waals surface area contributed by atoms with Gasteiger partial charge in [0.25, 0.3) is 0 Å². The number of ether oxygens (including phenoxy) is 1. The molecule has 5 rings (SSSR count). The molecule has 5 aromatic rings. The number of thioether (sulfide) groups is 1. The summed E-state index contributed by atoms with van der Waals surface area (Å²) in [6, 6.07) is 19.2. The molecule has 3 aromatic heterocycles. The molecule has 10 heteroatoms. The number of aromatic nitrogens is 3. The topological polar surface area (TPSA) is 77.2 Å². The Hall–Kier alpha value is -4.31. The number of carboxylic acids is 1. The van der Waals surface area contributed by atoms with Crippen LogP contribution in [-0.4, -0.2) is 30.4 Å². The van der Waals surface area contributed by atoms with Crippen molar-refractivity contribution in [3.63, 3.8) is 0 Å². The second kappa shape index (κ2) is 13.3. The molecule has 2 aromatic carbocycles. The summed E-state index contributed by atoms with van der Waals surface area (Å²) in [4.78, 5) is 22.2. The second-order valence-electron chi connectivity index (χ2n) is 13.7. The Morgan fingerprint density at radius 3 is 2.27 bits per heavy atom. The maximum absolute atomic E-state index is 13.3. The fourth-order valence-corrected chi connectivity index (χ4v) is 6.55. The van der Waals surface area contributed by atoms with Crippen LogP contribution in [0.3, 0.4) is 0 Å². The average Bonchev–Trinajstić information content (AvgIpc) is 3.26. The van der Waals surface area contributed by atoms with Gasteiger partial charge in [-0.1, -0.05) is 51.1 Å². The molecular formula is C38H40F3N3O3S. The number of nitrogens with zero attached hydrogens (tertiary/aromatic N) is 3. The minimum Gasteiger partial charge on any atom is -0.487 e. The molecule has 3 heterocycles. The first-order valence-electron chi connectivity index (χ1n) is 15.7. The number of fused-ring (bicyclic) bond motifs is 1. The van der Waals surface area contributed by atoms with Crippen molar-refractivity contribution in [1.29, 1.82) is 0 Å². The van der Waals surface area contributed by atoms with Crippen LogP contribution < -0.4 is 4.74 Å². The maximum Gasteiger partial charge on any atom is 0.416 e. The van der Waals surface area contributed by atoms with Gasteiger partial charge in [-0.3, -0.25) is 14.8 Å². The normalized spacial score (nSPS) is 12.5. The van der Waals surface area contributed by atoms with Crippen LogP contribution in [0.1, 0.15) is 68.4 Å². The van der Waals surface area contributed by atoms with E-state index in [1.54, 1.807) is 37.7 Å². The van der Waals surface area contributed by atoms with Crippen LogP contribution in [0.15, 0.2) is 77.8 Å². The molecule has 0 spiro atoms. The smallest absolute Gasteiger partial charge is 0.416 e. The third kappa shape index (κ3) is 8.03. The molecule has 0 aliphatic rings. The molecule has 0 fully saturated rings. The van der Waals surface area contributed by atoms with Gasteiger partial charge in [0, 0.05) is 56.7 Å². The van der Waals surface area contributed by atoms with E-state index in [1.165, 1.54) is 6.20 Å². The summed E-state index contributed by atoms with van der Waals surface area (Å²) in [6.45, 7) is 14.6. The van der Waals surface area contributed by atoms with E-state index in [9.17, 15) is 23.1 Å². The molecule has 0 atom stereocenters. The molecule has 0 aliphatic carbocycles. The Morgan fingerprint density at radius 2 is 1.65 bits per heavy atom. The average molecular weight is 676 g/mol. The molecular weight excluding hydrogens is 635 g/mol. The number of carboxylic acid groups (broad SMARTS) is 1. The van der Waals surface area contributed by atoms with E-state index >= 15 is 0 Å². The highest BCUT2D eigenvalue weighted by atomic mass is 32.2. The Bertz CT molecular complexity index is 1960. The standard InChI is InChI=1S/C38H40F3N3O3S/c1-23-8-13-28(43-24(23)2)22-47-29-14-15-32-30(19-29)34(48-36(3,4)5)33(20-37(6,7)35(45)46)44(32)21-25-9-11-26(12-10-25)31-18-27(16-17-42-31)38(39,40)41/h8-19H,20-22H2,1-7H3,(H,45,46). The molecule has 0 saturated carbocycles. The zero-order valence-corrected chi connectivity index (χ0v) is 29.0. The number of pyridine rings is 2. The lowest BCUT2D eigenvalue weighted by Crippen LogP contribution is -2.28. The predicted octanol–water partition coefficient (Wildman–Crippen LogP) is 9.91. The Morgan fingerprint density at radius 1 is 0.938 bits per heavy atom. The zero-order chi connectivity index (χ0) is 35.0. The van der Waals surface area contributed by atoms with Crippen LogP contribution in [-0.2, 0) is 30.5 Å². The van der Waals surface area contributed by atoms with Crippen molar-refractivity contribution < 1.29 is 27.8 Å². The zero-order valence-electron chi connectivity index (χ0n) is 28.2. The minimum absolute atomic E-state index is 0.180. The maximum atomic E-state index is 13.3. The van der Waals surface area contributed by atoms with Crippen LogP contribution in [0.25, 0.3) is 22.2 Å². The largest absolute Gasteiger partial charge is 0.487 e. The molecule has 1 N–H and O–H groups in total. The summed E-state index contributed by atoms with van der Waals surface area (Å²) in [5.74, 6) is -0.216. The Labute approximate surface area is 283 Å². The first-order chi connectivity index (χ1) is 22.4. The highest BCUT2D eigenvalue weighted by Crippen LogP contribution is 2.44. The number of rotatable bonds is 10. The van der Waals surface area contributed by atoms with Gasteiger partial charge < -0.3 is 14.4 Å². The van der Waals surface area contributed by atoms with Gasteiger partial charge in [-0.15, -0.1) is 11.8 Å². The van der Waals surface area contributed by atoms with Crippen LogP contribution in [0, 0.1) is 19.3 Å². The number of benzene rings is 2. The van der Waals surface area contributed by atoms with E-state index in [1.807, 2.05) is 56.3 Å². The molecule has 0 saturated heterocycles. The van der Waals surface area contributed by atoms with Gasteiger partial charge in [0.2, 0.25) is 0 Å². The lowest BCUT2D eigenvalue weighted by molar-refractivity contribution is -0.147. The van der Waals surface area contributed by atoms with Gasteiger partial charge in [-0.05, 0) is 75.2 Å². The van der Waals surface area contributed by atoms with Gasteiger partial charge in [0.05, 0.1) is 22.4 Å². The van der Waals surface area contributed by atoms with E-state index in [0.717, 1.165) is 56.1 Å². The van der Waals surface area contributed by atoms with Crippen molar-refractivity contribution in [3.05, 3.63) is 107 Å². The number of alkyl halides is 3. The lowest BCUT2D eigenvalue weighted by atomic mass is 9.88. The van der Waals surface area contributed by atoms with Crippen LogP contribution >= 0.6 is 11.8 Å². The van der Waals surface area contributed by atoms with Crippen molar-refractivity contribution in [2.75, 3.05) is 0 Å². The molecule has 0 aliphatic heterocycles. The summed E-state index contributed by atoms with van der Waals surface area (Å²) in [6.07, 6.45) is -3.01. The van der Waals surface area contributed by atoms with Crippen molar-refractivity contribution in [3.8, 4) is 17.0 Å². The summed E-state index contributed by atoms with van der Waals surface area (Å²) in [5.41, 5.74) is 4.63. The van der Waals surface area contributed by atoms with E-state index in [2.05, 4.69) is 35.3 Å². The Balaban J connectivity index is 1.57. The van der Waals surface area contributed by atoms with E-state index in [0.29, 0.717) is 24.5 Å². The number of hydrogen-bond acceptors (Lipinski definition) is 5. The summed E-state index contributed by atoms with van der Waals surface area (Å²) < 4.78 is 48.2. The third-order valence-electron chi connectivity index (χ3n) is 8.16. The summed E-state index contributed by atoms with van der Waals surface area (Å²) >= 11 is 1.69.